The number of imidazole rings is 1. The summed E-state index contributed by atoms with van der Waals surface area (Å²) in [6, 6.07) is 2.14. The molecule has 0 aliphatic heterocycles. The molecule has 2 amide bonds. The third-order valence-electron chi connectivity index (χ3n) is 3.38. The molecule has 1 atom stereocenters. The monoisotopic (exact) mass is 308 g/mol. The lowest BCUT2D eigenvalue weighted by atomic mass is 10.0. The van der Waals surface area contributed by atoms with Gasteiger partial charge in [0, 0.05) is 25.0 Å². The fraction of sp³-hybridized carbons (Fsp3) is 0.333. The van der Waals surface area contributed by atoms with E-state index in [2.05, 4.69) is 15.6 Å². The smallest absolute Gasteiger partial charge is 0.315 e. The van der Waals surface area contributed by atoms with E-state index in [0.29, 0.717) is 12.2 Å². The SMILES string of the molecule is CC[C@@H](NC(=O)NCc1nccn1C)c1cc(F)ccc1F. The van der Waals surface area contributed by atoms with Crippen LogP contribution < -0.4 is 10.6 Å². The van der Waals surface area contributed by atoms with Gasteiger partial charge >= 0.3 is 6.03 Å². The number of carbonyl (C=O) groups is 1. The van der Waals surface area contributed by atoms with Crippen molar-refractivity contribution >= 4 is 6.03 Å². The zero-order valence-electron chi connectivity index (χ0n) is 12.4. The van der Waals surface area contributed by atoms with E-state index in [4.69, 9.17) is 0 Å². The lowest BCUT2D eigenvalue weighted by Crippen LogP contribution is -2.38. The number of aromatic nitrogens is 2. The van der Waals surface area contributed by atoms with Gasteiger partial charge in [-0.15, -0.1) is 0 Å². The van der Waals surface area contributed by atoms with E-state index >= 15 is 0 Å². The third-order valence-corrected chi connectivity index (χ3v) is 3.38. The summed E-state index contributed by atoms with van der Waals surface area (Å²) in [6.07, 6.45) is 3.84. The van der Waals surface area contributed by atoms with Crippen molar-refractivity contribution in [2.45, 2.75) is 25.9 Å². The molecule has 5 nitrogen and oxygen atoms in total. The maximum absolute atomic E-state index is 13.8. The first-order valence-corrected chi connectivity index (χ1v) is 6.96. The van der Waals surface area contributed by atoms with Crippen LogP contribution in [0.2, 0.25) is 0 Å². The van der Waals surface area contributed by atoms with Gasteiger partial charge in [0.2, 0.25) is 0 Å². The van der Waals surface area contributed by atoms with Gasteiger partial charge in [0.05, 0.1) is 12.6 Å². The van der Waals surface area contributed by atoms with Gasteiger partial charge in [-0.25, -0.2) is 18.6 Å². The van der Waals surface area contributed by atoms with Crippen LogP contribution in [-0.2, 0) is 13.6 Å². The first-order valence-electron chi connectivity index (χ1n) is 6.96. The Hall–Kier alpha value is -2.44. The Morgan fingerprint density at radius 2 is 2.18 bits per heavy atom. The van der Waals surface area contributed by atoms with Crippen molar-refractivity contribution in [2.24, 2.45) is 7.05 Å². The minimum atomic E-state index is -0.600. The van der Waals surface area contributed by atoms with E-state index in [0.717, 1.165) is 18.2 Å². The highest BCUT2D eigenvalue weighted by atomic mass is 19.1. The van der Waals surface area contributed by atoms with Gasteiger partial charge in [0.25, 0.3) is 0 Å². The number of nitrogens with zero attached hydrogens (tertiary/aromatic N) is 2. The topological polar surface area (TPSA) is 59.0 Å². The molecule has 1 heterocycles. The fourth-order valence-electron chi connectivity index (χ4n) is 2.12. The van der Waals surface area contributed by atoms with Gasteiger partial charge < -0.3 is 15.2 Å². The Morgan fingerprint density at radius 3 is 2.82 bits per heavy atom. The van der Waals surface area contributed by atoms with Crippen LogP contribution in [-0.4, -0.2) is 15.6 Å². The van der Waals surface area contributed by atoms with Crippen molar-refractivity contribution < 1.29 is 13.6 Å². The summed E-state index contributed by atoms with van der Waals surface area (Å²) >= 11 is 0. The van der Waals surface area contributed by atoms with E-state index in [1.54, 1.807) is 23.9 Å². The molecule has 0 aliphatic carbocycles. The van der Waals surface area contributed by atoms with Gasteiger partial charge in [-0.2, -0.15) is 0 Å². The summed E-state index contributed by atoms with van der Waals surface area (Å²) in [6.45, 7) is 2.03. The number of hydrogen-bond donors (Lipinski definition) is 2. The minimum Gasteiger partial charge on any atom is -0.337 e. The van der Waals surface area contributed by atoms with E-state index in [1.807, 2.05) is 7.05 Å². The molecular weight excluding hydrogens is 290 g/mol. The molecule has 0 radical (unpaired) electrons. The molecule has 7 heteroatoms. The Balaban J connectivity index is 1.99. The summed E-state index contributed by atoms with van der Waals surface area (Å²) in [5.41, 5.74) is 0.134. The number of nitrogens with one attached hydrogen (secondary N) is 2. The second kappa shape index (κ2) is 7.02. The maximum atomic E-state index is 13.8. The van der Waals surface area contributed by atoms with E-state index in [-0.39, 0.29) is 12.1 Å². The van der Waals surface area contributed by atoms with Crippen LogP contribution in [0.15, 0.2) is 30.6 Å². The van der Waals surface area contributed by atoms with Crippen molar-refractivity contribution in [1.82, 2.24) is 20.2 Å². The zero-order valence-corrected chi connectivity index (χ0v) is 12.4. The molecule has 1 aromatic carbocycles. The maximum Gasteiger partial charge on any atom is 0.315 e. The van der Waals surface area contributed by atoms with Crippen LogP contribution in [0.4, 0.5) is 13.6 Å². The number of aryl methyl sites for hydroxylation is 1. The molecule has 2 N–H and O–H groups in total. The van der Waals surface area contributed by atoms with E-state index < -0.39 is 23.7 Å². The second-order valence-corrected chi connectivity index (χ2v) is 4.91. The Bertz CT molecular complexity index is 657. The molecule has 2 rings (SSSR count). The van der Waals surface area contributed by atoms with Crippen molar-refractivity contribution in [3.63, 3.8) is 0 Å². The number of hydrogen-bond acceptors (Lipinski definition) is 2. The zero-order chi connectivity index (χ0) is 16.1. The highest BCUT2D eigenvalue weighted by Crippen LogP contribution is 2.21. The quantitative estimate of drug-likeness (QED) is 0.892. The Kier molecular flexibility index (Phi) is 5.08. The lowest BCUT2D eigenvalue weighted by Gasteiger charge is -2.18. The number of halogens is 2. The molecule has 0 fully saturated rings. The van der Waals surface area contributed by atoms with Crippen LogP contribution in [0, 0.1) is 11.6 Å². The van der Waals surface area contributed by atoms with Crippen LogP contribution in [0.3, 0.4) is 0 Å². The van der Waals surface area contributed by atoms with Crippen molar-refractivity contribution in [3.8, 4) is 0 Å². The summed E-state index contributed by atoms with van der Waals surface area (Å²) < 4.78 is 28.8. The van der Waals surface area contributed by atoms with Crippen LogP contribution in [0.1, 0.15) is 30.8 Å². The Morgan fingerprint density at radius 1 is 1.41 bits per heavy atom. The molecule has 0 aliphatic rings. The predicted octanol–water partition coefficient (Wildman–Crippen LogP) is 2.65. The van der Waals surface area contributed by atoms with Gasteiger partial charge in [-0.3, -0.25) is 0 Å². The summed E-state index contributed by atoms with van der Waals surface area (Å²) in [4.78, 5) is 16.0. The van der Waals surface area contributed by atoms with E-state index in [1.165, 1.54) is 0 Å². The number of amides is 2. The predicted molar refractivity (Wildman–Crippen MR) is 78.0 cm³/mol. The molecule has 0 bridgehead atoms. The second-order valence-electron chi connectivity index (χ2n) is 4.91. The first-order chi connectivity index (χ1) is 10.5. The summed E-state index contributed by atoms with van der Waals surface area (Å²) in [5, 5.41) is 5.28. The summed E-state index contributed by atoms with van der Waals surface area (Å²) in [5.74, 6) is -0.386. The molecular formula is C15H18F2N4O. The number of benzene rings is 1. The third kappa shape index (κ3) is 3.81. The average Bonchev–Trinajstić information content (AvgIpc) is 2.90. The molecule has 0 spiro atoms. The van der Waals surface area contributed by atoms with Crippen LogP contribution in [0.5, 0.6) is 0 Å². The van der Waals surface area contributed by atoms with Crippen molar-refractivity contribution in [2.75, 3.05) is 0 Å². The number of carbonyl (C=O) groups excluding carboxylic acids is 1. The average molecular weight is 308 g/mol. The number of urea groups is 1. The summed E-state index contributed by atoms with van der Waals surface area (Å²) in [7, 11) is 1.82. The first kappa shape index (κ1) is 15.9. The van der Waals surface area contributed by atoms with Crippen molar-refractivity contribution in [1.29, 1.82) is 0 Å². The molecule has 1 aromatic heterocycles. The normalized spacial score (nSPS) is 12.0. The Labute approximate surface area is 127 Å². The minimum absolute atomic E-state index is 0.134. The lowest BCUT2D eigenvalue weighted by molar-refractivity contribution is 0.235. The van der Waals surface area contributed by atoms with Gasteiger partial charge in [-0.1, -0.05) is 6.92 Å². The van der Waals surface area contributed by atoms with E-state index in [9.17, 15) is 13.6 Å². The highest BCUT2D eigenvalue weighted by molar-refractivity contribution is 5.74. The standard InChI is InChI=1S/C15H18F2N4O/c1-3-13(11-8-10(16)4-5-12(11)17)20-15(22)19-9-14-18-6-7-21(14)2/h4-8,13H,3,9H2,1-2H3,(H2,19,20,22)/t13-/m1/s1. The largest absolute Gasteiger partial charge is 0.337 e. The van der Waals surface area contributed by atoms with Crippen LogP contribution in [0.25, 0.3) is 0 Å². The van der Waals surface area contributed by atoms with Gasteiger partial charge in [-0.05, 0) is 24.6 Å². The van der Waals surface area contributed by atoms with Crippen molar-refractivity contribution in [3.05, 3.63) is 53.6 Å². The molecule has 22 heavy (non-hydrogen) atoms. The molecule has 0 unspecified atom stereocenters. The highest BCUT2D eigenvalue weighted by Gasteiger charge is 2.17. The molecule has 118 valence electrons. The fourth-order valence-corrected chi connectivity index (χ4v) is 2.12. The van der Waals surface area contributed by atoms with Gasteiger partial charge in [0.1, 0.15) is 17.5 Å². The van der Waals surface area contributed by atoms with Crippen LogP contribution >= 0.6 is 0 Å². The molecule has 0 saturated heterocycles. The molecule has 2 aromatic rings. The van der Waals surface area contributed by atoms with Gasteiger partial charge in [0.15, 0.2) is 0 Å². The number of rotatable bonds is 5. The molecule has 0 saturated carbocycles.